The van der Waals surface area contributed by atoms with Crippen molar-refractivity contribution in [1.82, 2.24) is 0 Å². The normalized spacial score (nSPS) is 17.0. The van der Waals surface area contributed by atoms with Crippen LogP contribution in [-0.2, 0) is 0 Å². The summed E-state index contributed by atoms with van der Waals surface area (Å²) in [7, 11) is 0. The van der Waals surface area contributed by atoms with E-state index in [1.54, 1.807) is 0 Å². The Labute approximate surface area is 148 Å². The topological polar surface area (TPSA) is 15.6 Å². The van der Waals surface area contributed by atoms with E-state index >= 15 is 0 Å². The van der Waals surface area contributed by atoms with Gasteiger partial charge in [0.1, 0.15) is 0 Å². The van der Waals surface area contributed by atoms with Gasteiger partial charge in [0, 0.05) is 6.42 Å². The number of hydrazone groups is 1. The zero-order valence-electron chi connectivity index (χ0n) is 14.0. The van der Waals surface area contributed by atoms with Gasteiger partial charge in [-0.05, 0) is 23.3 Å². The van der Waals surface area contributed by atoms with E-state index in [1.165, 1.54) is 11.1 Å². The minimum absolute atomic E-state index is 0.220. The van der Waals surface area contributed by atoms with Crippen LogP contribution < -0.4 is 5.01 Å². The molecule has 0 amide bonds. The van der Waals surface area contributed by atoms with Gasteiger partial charge in [0.25, 0.3) is 0 Å². The van der Waals surface area contributed by atoms with Gasteiger partial charge in [-0.2, -0.15) is 5.10 Å². The van der Waals surface area contributed by atoms with Crippen molar-refractivity contribution in [2.75, 3.05) is 5.01 Å². The Balaban J connectivity index is 1.65. The van der Waals surface area contributed by atoms with E-state index in [-0.39, 0.29) is 6.04 Å². The standard InChI is InChI=1S/C23H20N2/c1-4-10-19(11-5-1)16-17-22-18-23(20-12-6-2-7-13-20)24-25(22)21-14-8-3-9-15-21/h1-17,22H,18H2/b17-16+. The van der Waals surface area contributed by atoms with Crippen LogP contribution in [-0.4, -0.2) is 11.8 Å². The lowest BCUT2D eigenvalue weighted by Gasteiger charge is -2.20. The summed E-state index contributed by atoms with van der Waals surface area (Å²) in [4.78, 5) is 0. The Bertz CT molecular complexity index is 868. The third-order valence-electron chi connectivity index (χ3n) is 4.38. The van der Waals surface area contributed by atoms with Crippen LogP contribution in [0.2, 0.25) is 0 Å². The Morgan fingerprint density at radius 3 is 2.04 bits per heavy atom. The Kier molecular flexibility index (Phi) is 4.42. The monoisotopic (exact) mass is 324 g/mol. The molecule has 2 nitrogen and oxygen atoms in total. The number of nitrogens with zero attached hydrogens (tertiary/aromatic N) is 2. The van der Waals surface area contributed by atoms with Crippen molar-refractivity contribution in [3.05, 3.63) is 108 Å². The molecule has 1 aliphatic heterocycles. The van der Waals surface area contributed by atoms with Gasteiger partial charge < -0.3 is 0 Å². The van der Waals surface area contributed by atoms with Crippen molar-refractivity contribution < 1.29 is 0 Å². The first-order valence-corrected chi connectivity index (χ1v) is 8.60. The third-order valence-corrected chi connectivity index (χ3v) is 4.38. The highest BCUT2D eigenvalue weighted by atomic mass is 15.5. The Morgan fingerprint density at radius 2 is 1.36 bits per heavy atom. The number of para-hydroxylation sites is 1. The lowest BCUT2D eigenvalue weighted by molar-refractivity contribution is 0.791. The fourth-order valence-corrected chi connectivity index (χ4v) is 3.10. The summed E-state index contributed by atoms with van der Waals surface area (Å²) >= 11 is 0. The van der Waals surface area contributed by atoms with Gasteiger partial charge in [0.2, 0.25) is 0 Å². The molecule has 0 bridgehead atoms. The van der Waals surface area contributed by atoms with Gasteiger partial charge in [-0.15, -0.1) is 0 Å². The minimum Gasteiger partial charge on any atom is -0.258 e. The van der Waals surface area contributed by atoms with Crippen LogP contribution in [0.4, 0.5) is 5.69 Å². The first-order chi connectivity index (χ1) is 12.4. The maximum Gasteiger partial charge on any atom is 0.0765 e. The molecule has 1 unspecified atom stereocenters. The molecule has 0 radical (unpaired) electrons. The molecule has 0 spiro atoms. The van der Waals surface area contributed by atoms with Crippen LogP contribution >= 0.6 is 0 Å². The van der Waals surface area contributed by atoms with Crippen molar-refractivity contribution >= 4 is 17.5 Å². The average Bonchev–Trinajstić information content (AvgIpc) is 3.13. The molecule has 25 heavy (non-hydrogen) atoms. The summed E-state index contributed by atoms with van der Waals surface area (Å²) in [6.07, 6.45) is 5.34. The zero-order valence-corrected chi connectivity index (χ0v) is 14.0. The fraction of sp³-hybridized carbons (Fsp3) is 0.0870. The van der Waals surface area contributed by atoms with Gasteiger partial charge in [-0.3, -0.25) is 5.01 Å². The van der Waals surface area contributed by atoms with Crippen LogP contribution in [0.3, 0.4) is 0 Å². The first-order valence-electron chi connectivity index (χ1n) is 8.60. The lowest BCUT2D eigenvalue weighted by Crippen LogP contribution is -2.23. The summed E-state index contributed by atoms with van der Waals surface area (Å²) in [5, 5.41) is 7.05. The fourth-order valence-electron chi connectivity index (χ4n) is 3.10. The number of rotatable bonds is 4. The molecule has 0 aliphatic carbocycles. The number of hydrogen-bond donors (Lipinski definition) is 0. The second-order valence-corrected chi connectivity index (χ2v) is 6.13. The highest BCUT2D eigenvalue weighted by Gasteiger charge is 2.26. The minimum atomic E-state index is 0.220. The van der Waals surface area contributed by atoms with Crippen molar-refractivity contribution in [1.29, 1.82) is 0 Å². The van der Waals surface area contributed by atoms with E-state index in [4.69, 9.17) is 5.10 Å². The smallest absolute Gasteiger partial charge is 0.0765 e. The van der Waals surface area contributed by atoms with E-state index in [1.807, 2.05) is 18.2 Å². The summed E-state index contributed by atoms with van der Waals surface area (Å²) in [6, 6.07) is 31.5. The summed E-state index contributed by atoms with van der Waals surface area (Å²) < 4.78 is 0. The number of benzene rings is 3. The van der Waals surface area contributed by atoms with Gasteiger partial charge in [0.05, 0.1) is 17.4 Å². The average molecular weight is 324 g/mol. The molecule has 3 aromatic carbocycles. The molecular formula is C23H20N2. The van der Waals surface area contributed by atoms with Crippen LogP contribution in [0.25, 0.3) is 6.08 Å². The zero-order chi connectivity index (χ0) is 16.9. The van der Waals surface area contributed by atoms with E-state index in [9.17, 15) is 0 Å². The van der Waals surface area contributed by atoms with Crippen molar-refractivity contribution in [2.24, 2.45) is 5.10 Å². The third kappa shape index (κ3) is 3.53. The summed E-state index contributed by atoms with van der Waals surface area (Å²) in [5.41, 5.74) is 4.66. The van der Waals surface area contributed by atoms with Gasteiger partial charge in [-0.25, -0.2) is 0 Å². The van der Waals surface area contributed by atoms with Crippen molar-refractivity contribution in [2.45, 2.75) is 12.5 Å². The van der Waals surface area contributed by atoms with Crippen molar-refractivity contribution in [3.63, 3.8) is 0 Å². The van der Waals surface area contributed by atoms with E-state index in [0.717, 1.165) is 17.8 Å². The van der Waals surface area contributed by atoms with Gasteiger partial charge >= 0.3 is 0 Å². The molecule has 0 saturated carbocycles. The molecule has 3 aromatic rings. The van der Waals surface area contributed by atoms with Crippen LogP contribution in [0.15, 0.2) is 102 Å². The molecular weight excluding hydrogens is 304 g/mol. The summed E-state index contributed by atoms with van der Waals surface area (Å²) in [6.45, 7) is 0. The molecule has 0 N–H and O–H groups in total. The first kappa shape index (κ1) is 15.4. The number of hydrogen-bond acceptors (Lipinski definition) is 2. The predicted molar refractivity (Wildman–Crippen MR) is 106 cm³/mol. The molecule has 1 atom stereocenters. The summed E-state index contributed by atoms with van der Waals surface area (Å²) in [5.74, 6) is 0. The highest BCUT2D eigenvalue weighted by molar-refractivity contribution is 6.03. The molecule has 4 rings (SSSR count). The molecule has 122 valence electrons. The van der Waals surface area contributed by atoms with Crippen LogP contribution in [0, 0.1) is 0 Å². The lowest BCUT2D eigenvalue weighted by atomic mass is 10.0. The molecule has 0 aromatic heterocycles. The van der Waals surface area contributed by atoms with Crippen molar-refractivity contribution in [3.8, 4) is 0 Å². The maximum atomic E-state index is 4.92. The molecule has 0 fully saturated rings. The van der Waals surface area contributed by atoms with Crippen LogP contribution in [0.5, 0.6) is 0 Å². The molecule has 1 aliphatic rings. The largest absolute Gasteiger partial charge is 0.258 e. The SMILES string of the molecule is C(=C\C1CC(c2ccccc2)=NN1c1ccccc1)/c1ccccc1. The molecule has 2 heteroatoms. The molecule has 0 saturated heterocycles. The highest BCUT2D eigenvalue weighted by Crippen LogP contribution is 2.27. The number of anilines is 1. The Morgan fingerprint density at radius 1 is 0.760 bits per heavy atom. The second-order valence-electron chi connectivity index (χ2n) is 6.13. The second kappa shape index (κ2) is 7.18. The quantitative estimate of drug-likeness (QED) is 0.629. The maximum absolute atomic E-state index is 4.92. The van der Waals surface area contributed by atoms with E-state index in [2.05, 4.69) is 90.0 Å². The van der Waals surface area contributed by atoms with E-state index < -0.39 is 0 Å². The molecule has 1 heterocycles. The van der Waals surface area contributed by atoms with Gasteiger partial charge in [-0.1, -0.05) is 91.0 Å². The van der Waals surface area contributed by atoms with E-state index in [0.29, 0.717) is 0 Å². The Hall–Kier alpha value is -3.13. The van der Waals surface area contributed by atoms with Crippen LogP contribution in [0.1, 0.15) is 17.5 Å². The predicted octanol–water partition coefficient (Wildman–Crippen LogP) is 5.38. The van der Waals surface area contributed by atoms with Gasteiger partial charge in [0.15, 0.2) is 0 Å².